The maximum absolute atomic E-state index is 12.9. The predicted octanol–water partition coefficient (Wildman–Crippen LogP) is 2.82. The molecule has 10 heteroatoms. The minimum atomic E-state index is -4.18. The van der Waals surface area contributed by atoms with Crippen LogP contribution in [-0.4, -0.2) is 85.3 Å². The highest BCUT2D eigenvalue weighted by Gasteiger charge is 2.41. The zero-order valence-electron chi connectivity index (χ0n) is 17.2. The molecule has 3 heterocycles. The number of halogens is 3. The first-order valence-electron chi connectivity index (χ1n) is 10.4. The molecule has 0 spiro atoms. The summed E-state index contributed by atoms with van der Waals surface area (Å²) in [5.41, 5.74) is 1.06. The summed E-state index contributed by atoms with van der Waals surface area (Å²) >= 11 is 1.69. The molecule has 2 aliphatic heterocycles. The van der Waals surface area contributed by atoms with Gasteiger partial charge in [-0.3, -0.25) is 9.89 Å². The topological polar surface area (TPSA) is 47.0 Å². The predicted molar refractivity (Wildman–Crippen MR) is 112 cm³/mol. The van der Waals surface area contributed by atoms with E-state index < -0.39 is 12.2 Å². The Morgan fingerprint density at radius 2 is 1.90 bits per heavy atom. The minimum absolute atomic E-state index is 0.385. The van der Waals surface area contributed by atoms with E-state index in [-0.39, 0.29) is 0 Å². The molecule has 2 aliphatic rings. The fourth-order valence-electron chi connectivity index (χ4n) is 3.69. The number of anilines is 1. The van der Waals surface area contributed by atoms with Crippen LogP contribution in [-0.2, 0) is 6.42 Å². The van der Waals surface area contributed by atoms with E-state index >= 15 is 0 Å². The largest absolute Gasteiger partial charge is 0.403 e. The third-order valence-electron chi connectivity index (χ3n) is 5.52. The van der Waals surface area contributed by atoms with Gasteiger partial charge in [0.05, 0.1) is 5.69 Å². The normalized spacial score (nSPS) is 20.4. The molecule has 2 saturated heterocycles. The Morgan fingerprint density at radius 3 is 2.52 bits per heavy atom. The lowest BCUT2D eigenvalue weighted by Crippen LogP contribution is -2.56. The Morgan fingerprint density at radius 1 is 1.21 bits per heavy atom. The van der Waals surface area contributed by atoms with Crippen LogP contribution in [0.3, 0.4) is 0 Å². The number of guanidine groups is 1. The van der Waals surface area contributed by atoms with Gasteiger partial charge in [0, 0.05) is 64.2 Å². The minimum Gasteiger partial charge on any atom is -0.357 e. The van der Waals surface area contributed by atoms with E-state index in [0.29, 0.717) is 32.7 Å². The van der Waals surface area contributed by atoms with Crippen molar-refractivity contribution in [2.75, 3.05) is 57.3 Å². The highest BCUT2D eigenvalue weighted by Crippen LogP contribution is 2.26. The van der Waals surface area contributed by atoms with Crippen molar-refractivity contribution in [2.45, 2.75) is 45.3 Å². The second-order valence-corrected chi connectivity index (χ2v) is 8.38. The molecule has 0 bridgehead atoms. The molecule has 1 aromatic heterocycles. The van der Waals surface area contributed by atoms with Gasteiger partial charge in [-0.15, -0.1) is 11.3 Å². The van der Waals surface area contributed by atoms with Crippen LogP contribution >= 0.6 is 11.3 Å². The number of aromatic nitrogens is 1. The summed E-state index contributed by atoms with van der Waals surface area (Å²) in [6.07, 6.45) is -0.937. The Hall–Kier alpha value is -1.55. The van der Waals surface area contributed by atoms with Crippen molar-refractivity contribution in [3.8, 4) is 0 Å². The number of piperazine rings is 1. The lowest BCUT2D eigenvalue weighted by atomic mass is 10.2. The summed E-state index contributed by atoms with van der Waals surface area (Å²) in [6, 6.07) is -1.40. The van der Waals surface area contributed by atoms with Gasteiger partial charge in [0.25, 0.3) is 0 Å². The van der Waals surface area contributed by atoms with Gasteiger partial charge in [-0.1, -0.05) is 0 Å². The van der Waals surface area contributed by atoms with E-state index in [2.05, 4.69) is 20.5 Å². The van der Waals surface area contributed by atoms with E-state index in [1.165, 1.54) is 24.7 Å². The number of hydrogen-bond donors (Lipinski definition) is 1. The van der Waals surface area contributed by atoms with Gasteiger partial charge in [-0.25, -0.2) is 4.98 Å². The van der Waals surface area contributed by atoms with Gasteiger partial charge in [0.15, 0.2) is 11.1 Å². The van der Waals surface area contributed by atoms with Crippen LogP contribution in [0.2, 0.25) is 0 Å². The maximum Gasteiger partial charge on any atom is 0.403 e. The third kappa shape index (κ3) is 5.97. The first-order chi connectivity index (χ1) is 13.9. The molecule has 164 valence electrons. The molecule has 1 aromatic rings. The first-order valence-corrected chi connectivity index (χ1v) is 11.3. The van der Waals surface area contributed by atoms with E-state index in [0.717, 1.165) is 42.8 Å². The van der Waals surface area contributed by atoms with Gasteiger partial charge in [0.2, 0.25) is 0 Å². The standard InChI is InChI=1S/C19H31F3N6S/c1-3-23-17(27-12-10-26(11-13-27)15(2)19(20,21)22)24-7-6-16-14-29-18(25-16)28-8-4-5-9-28/h14-15H,3-13H2,1-2H3,(H,23,24). The van der Waals surface area contributed by atoms with Crippen LogP contribution < -0.4 is 10.2 Å². The molecule has 0 saturated carbocycles. The molecular weight excluding hydrogens is 401 g/mol. The van der Waals surface area contributed by atoms with Crippen LogP contribution in [0, 0.1) is 0 Å². The Bertz CT molecular complexity index is 663. The molecule has 3 rings (SSSR count). The molecule has 2 fully saturated rings. The number of rotatable bonds is 6. The quantitative estimate of drug-likeness (QED) is 0.553. The van der Waals surface area contributed by atoms with Gasteiger partial charge < -0.3 is 15.1 Å². The summed E-state index contributed by atoms with van der Waals surface area (Å²) in [6.45, 7) is 8.62. The fourth-order valence-corrected chi connectivity index (χ4v) is 4.61. The highest BCUT2D eigenvalue weighted by atomic mass is 32.1. The average molecular weight is 433 g/mol. The van der Waals surface area contributed by atoms with Crippen LogP contribution in [0.15, 0.2) is 10.4 Å². The SMILES string of the molecule is CCNC(=NCCc1csc(N2CCCC2)n1)N1CCN(C(C)C(F)(F)F)CC1. The Balaban J connectivity index is 1.51. The van der Waals surface area contributed by atoms with E-state index in [4.69, 9.17) is 9.98 Å². The molecule has 0 radical (unpaired) electrons. The van der Waals surface area contributed by atoms with E-state index in [9.17, 15) is 13.2 Å². The van der Waals surface area contributed by atoms with Crippen molar-refractivity contribution < 1.29 is 13.2 Å². The van der Waals surface area contributed by atoms with Gasteiger partial charge in [-0.05, 0) is 26.7 Å². The molecule has 1 unspecified atom stereocenters. The molecule has 0 aliphatic carbocycles. The van der Waals surface area contributed by atoms with Crippen molar-refractivity contribution in [3.05, 3.63) is 11.1 Å². The highest BCUT2D eigenvalue weighted by molar-refractivity contribution is 7.13. The summed E-state index contributed by atoms with van der Waals surface area (Å²) in [5, 5.41) is 6.48. The van der Waals surface area contributed by atoms with Crippen molar-refractivity contribution in [1.82, 2.24) is 20.1 Å². The smallest absolute Gasteiger partial charge is 0.357 e. The summed E-state index contributed by atoms with van der Waals surface area (Å²) < 4.78 is 38.8. The average Bonchev–Trinajstić information content (AvgIpc) is 3.38. The Labute approximate surface area is 174 Å². The Kier molecular flexibility index (Phi) is 7.61. The molecule has 29 heavy (non-hydrogen) atoms. The monoisotopic (exact) mass is 432 g/mol. The van der Waals surface area contributed by atoms with Gasteiger partial charge in [0.1, 0.15) is 6.04 Å². The number of aliphatic imine (C=N–C) groups is 1. The summed E-state index contributed by atoms with van der Waals surface area (Å²) in [5.74, 6) is 0.779. The van der Waals surface area contributed by atoms with E-state index in [1.54, 1.807) is 11.3 Å². The number of hydrogen-bond acceptors (Lipinski definition) is 5. The lowest BCUT2D eigenvalue weighted by molar-refractivity contribution is -0.181. The van der Waals surface area contributed by atoms with Crippen molar-refractivity contribution in [3.63, 3.8) is 0 Å². The van der Waals surface area contributed by atoms with Crippen molar-refractivity contribution in [1.29, 1.82) is 0 Å². The van der Waals surface area contributed by atoms with Crippen molar-refractivity contribution >= 4 is 22.4 Å². The van der Waals surface area contributed by atoms with Crippen LogP contribution in [0.4, 0.5) is 18.3 Å². The zero-order valence-corrected chi connectivity index (χ0v) is 18.0. The fraction of sp³-hybridized carbons (Fsp3) is 0.789. The number of alkyl halides is 3. The van der Waals surface area contributed by atoms with Gasteiger partial charge in [-0.2, -0.15) is 13.2 Å². The van der Waals surface area contributed by atoms with Crippen LogP contribution in [0.5, 0.6) is 0 Å². The molecule has 1 N–H and O–H groups in total. The second-order valence-electron chi connectivity index (χ2n) is 7.54. The molecule has 1 atom stereocenters. The molecule has 6 nitrogen and oxygen atoms in total. The van der Waals surface area contributed by atoms with E-state index in [1.807, 2.05) is 6.92 Å². The number of nitrogens with zero attached hydrogens (tertiary/aromatic N) is 5. The molecule has 0 amide bonds. The number of thiazole rings is 1. The summed E-state index contributed by atoms with van der Waals surface area (Å²) in [4.78, 5) is 15.3. The zero-order chi connectivity index (χ0) is 20.9. The third-order valence-corrected chi connectivity index (χ3v) is 6.47. The number of nitrogens with one attached hydrogen (secondary N) is 1. The summed E-state index contributed by atoms with van der Waals surface area (Å²) in [7, 11) is 0. The first kappa shape index (κ1) is 22.1. The second kappa shape index (κ2) is 9.97. The lowest BCUT2D eigenvalue weighted by Gasteiger charge is -2.39. The molecule has 0 aromatic carbocycles. The van der Waals surface area contributed by atoms with Crippen molar-refractivity contribution in [2.24, 2.45) is 4.99 Å². The maximum atomic E-state index is 12.9. The van der Waals surface area contributed by atoms with Gasteiger partial charge >= 0.3 is 6.18 Å². The van der Waals surface area contributed by atoms with Crippen LogP contribution in [0.25, 0.3) is 0 Å². The van der Waals surface area contributed by atoms with Crippen LogP contribution in [0.1, 0.15) is 32.4 Å². The molecular formula is C19H31F3N6S.